The summed E-state index contributed by atoms with van der Waals surface area (Å²) in [6, 6.07) is 1.69. The number of nitrogen functional groups attached to an aromatic ring is 1. The van der Waals surface area contributed by atoms with Crippen LogP contribution >= 0.6 is 11.8 Å². The van der Waals surface area contributed by atoms with E-state index in [0.717, 1.165) is 5.69 Å². The Morgan fingerprint density at radius 3 is 2.61 bits per heavy atom. The lowest BCUT2D eigenvalue weighted by atomic mass is 10.4. The van der Waals surface area contributed by atoms with Crippen molar-refractivity contribution in [1.29, 1.82) is 0 Å². The van der Waals surface area contributed by atoms with Crippen molar-refractivity contribution in [1.82, 2.24) is 14.9 Å². The van der Waals surface area contributed by atoms with Crippen LogP contribution < -0.4 is 5.73 Å². The maximum absolute atomic E-state index is 11.4. The molecule has 0 aromatic carbocycles. The number of carbonyl (C=O) groups is 2. The van der Waals surface area contributed by atoms with Crippen molar-refractivity contribution in [3.8, 4) is 0 Å². The van der Waals surface area contributed by atoms with Gasteiger partial charge < -0.3 is 5.73 Å². The number of hydrogen-bond acceptors (Lipinski definition) is 6. The normalized spacial score (nSPS) is 15.5. The SMILES string of the molecule is Cc1cc(N)nc(SCCN2C(=O)CCC2=O)n1. The molecule has 2 rings (SSSR count). The number of likely N-dealkylation sites (tertiary alicyclic amines) is 1. The first-order valence-corrected chi connectivity index (χ1v) is 6.62. The third-order valence-corrected chi connectivity index (χ3v) is 3.38. The van der Waals surface area contributed by atoms with Gasteiger partial charge in [0.05, 0.1) is 0 Å². The van der Waals surface area contributed by atoms with Gasteiger partial charge >= 0.3 is 0 Å². The average Bonchev–Trinajstić information content (AvgIpc) is 2.59. The van der Waals surface area contributed by atoms with E-state index in [0.29, 0.717) is 36.1 Å². The Morgan fingerprint density at radius 1 is 1.33 bits per heavy atom. The summed E-state index contributed by atoms with van der Waals surface area (Å²) < 4.78 is 0. The molecule has 1 aliphatic heterocycles. The van der Waals surface area contributed by atoms with Crippen molar-refractivity contribution in [3.63, 3.8) is 0 Å². The minimum Gasteiger partial charge on any atom is -0.384 e. The molecule has 7 heteroatoms. The van der Waals surface area contributed by atoms with E-state index in [2.05, 4.69) is 9.97 Å². The number of carbonyl (C=O) groups excluding carboxylic acids is 2. The number of nitrogens with zero attached hydrogens (tertiary/aromatic N) is 3. The summed E-state index contributed by atoms with van der Waals surface area (Å²) in [7, 11) is 0. The van der Waals surface area contributed by atoms with Crippen LogP contribution in [0.3, 0.4) is 0 Å². The van der Waals surface area contributed by atoms with Crippen LogP contribution in [0, 0.1) is 6.92 Å². The Kier molecular flexibility index (Phi) is 3.81. The summed E-state index contributed by atoms with van der Waals surface area (Å²) in [5.74, 6) is 0.828. The molecule has 0 atom stereocenters. The van der Waals surface area contributed by atoms with Gasteiger partial charge in [-0.15, -0.1) is 0 Å². The van der Waals surface area contributed by atoms with Gasteiger partial charge in [0.2, 0.25) is 11.8 Å². The zero-order valence-electron chi connectivity index (χ0n) is 10.0. The smallest absolute Gasteiger partial charge is 0.229 e. The van der Waals surface area contributed by atoms with E-state index >= 15 is 0 Å². The molecule has 1 aromatic rings. The van der Waals surface area contributed by atoms with Gasteiger partial charge in [0.1, 0.15) is 5.82 Å². The zero-order valence-corrected chi connectivity index (χ0v) is 10.9. The van der Waals surface area contributed by atoms with E-state index in [1.165, 1.54) is 16.7 Å². The molecule has 1 aliphatic rings. The first-order chi connectivity index (χ1) is 8.56. The first-order valence-electron chi connectivity index (χ1n) is 5.63. The van der Waals surface area contributed by atoms with Gasteiger partial charge in [-0.2, -0.15) is 0 Å². The Hall–Kier alpha value is -1.63. The lowest BCUT2D eigenvalue weighted by Crippen LogP contribution is -2.31. The lowest BCUT2D eigenvalue weighted by Gasteiger charge is -2.12. The number of imide groups is 1. The van der Waals surface area contributed by atoms with Crippen LogP contribution in [0.1, 0.15) is 18.5 Å². The monoisotopic (exact) mass is 266 g/mol. The topological polar surface area (TPSA) is 89.2 Å². The number of aryl methyl sites for hydroxylation is 1. The van der Waals surface area contributed by atoms with Gasteiger partial charge in [-0.3, -0.25) is 14.5 Å². The van der Waals surface area contributed by atoms with Crippen molar-refractivity contribution in [2.24, 2.45) is 0 Å². The van der Waals surface area contributed by atoms with Crippen LogP contribution in [0.4, 0.5) is 5.82 Å². The lowest BCUT2D eigenvalue weighted by molar-refractivity contribution is -0.137. The molecule has 1 aromatic heterocycles. The van der Waals surface area contributed by atoms with Crippen LogP contribution in [0.2, 0.25) is 0 Å². The molecule has 1 saturated heterocycles. The summed E-state index contributed by atoms with van der Waals surface area (Å²) in [5, 5.41) is 0.576. The molecule has 0 bridgehead atoms. The zero-order chi connectivity index (χ0) is 13.1. The Bertz CT molecular complexity index is 456. The summed E-state index contributed by atoms with van der Waals surface area (Å²) in [4.78, 5) is 32.4. The third kappa shape index (κ3) is 2.98. The Morgan fingerprint density at radius 2 is 2.00 bits per heavy atom. The number of amides is 2. The molecular formula is C11H14N4O2S. The average molecular weight is 266 g/mol. The quantitative estimate of drug-likeness (QED) is 0.488. The molecule has 0 aliphatic carbocycles. The molecule has 0 radical (unpaired) electrons. The summed E-state index contributed by atoms with van der Waals surface area (Å²) in [6.07, 6.45) is 0.661. The van der Waals surface area contributed by atoms with Crippen molar-refractivity contribution in [3.05, 3.63) is 11.8 Å². The number of nitrogens with two attached hydrogens (primary N) is 1. The summed E-state index contributed by atoms with van der Waals surface area (Å²) in [6.45, 7) is 2.25. The van der Waals surface area contributed by atoms with E-state index in [9.17, 15) is 9.59 Å². The van der Waals surface area contributed by atoms with Crippen LogP contribution in [-0.2, 0) is 9.59 Å². The van der Waals surface area contributed by atoms with Gasteiger partial charge in [-0.1, -0.05) is 11.8 Å². The molecule has 96 valence electrons. The molecule has 1 fully saturated rings. The predicted octanol–water partition coefficient (Wildman–Crippen LogP) is 0.608. The number of rotatable bonds is 4. The minimum absolute atomic E-state index is 0.0923. The highest BCUT2D eigenvalue weighted by Crippen LogP contribution is 2.17. The third-order valence-electron chi connectivity index (χ3n) is 2.55. The molecule has 18 heavy (non-hydrogen) atoms. The minimum atomic E-state index is -0.0923. The Balaban J connectivity index is 1.88. The van der Waals surface area contributed by atoms with Crippen molar-refractivity contribution in [2.45, 2.75) is 24.9 Å². The maximum atomic E-state index is 11.4. The van der Waals surface area contributed by atoms with Crippen LogP contribution in [0.25, 0.3) is 0 Å². The number of aromatic nitrogens is 2. The number of anilines is 1. The van der Waals surface area contributed by atoms with Crippen molar-refractivity contribution >= 4 is 29.4 Å². The van der Waals surface area contributed by atoms with Crippen molar-refractivity contribution in [2.75, 3.05) is 18.0 Å². The molecular weight excluding hydrogens is 252 g/mol. The number of hydrogen-bond donors (Lipinski definition) is 1. The van der Waals surface area contributed by atoms with Gasteiger partial charge in [-0.05, 0) is 6.92 Å². The van der Waals surface area contributed by atoms with Gasteiger partial charge in [0.25, 0.3) is 0 Å². The van der Waals surface area contributed by atoms with E-state index in [4.69, 9.17) is 5.73 Å². The molecule has 2 heterocycles. The van der Waals surface area contributed by atoms with Gasteiger partial charge in [-0.25, -0.2) is 9.97 Å². The highest BCUT2D eigenvalue weighted by atomic mass is 32.2. The molecule has 2 amide bonds. The molecule has 6 nitrogen and oxygen atoms in total. The second kappa shape index (κ2) is 5.34. The van der Waals surface area contributed by atoms with E-state index < -0.39 is 0 Å². The fourth-order valence-corrected chi connectivity index (χ4v) is 2.56. The van der Waals surface area contributed by atoms with Gasteiger partial charge in [0.15, 0.2) is 5.16 Å². The highest BCUT2D eigenvalue weighted by Gasteiger charge is 2.28. The molecule has 2 N–H and O–H groups in total. The second-order valence-electron chi connectivity index (χ2n) is 4.00. The fourth-order valence-electron chi connectivity index (χ4n) is 1.73. The highest BCUT2D eigenvalue weighted by molar-refractivity contribution is 7.99. The summed E-state index contributed by atoms with van der Waals surface area (Å²) >= 11 is 1.39. The van der Waals surface area contributed by atoms with Crippen molar-refractivity contribution < 1.29 is 9.59 Å². The van der Waals surface area contributed by atoms with Crippen LogP contribution in [0.5, 0.6) is 0 Å². The van der Waals surface area contributed by atoms with E-state index in [-0.39, 0.29) is 11.8 Å². The second-order valence-corrected chi connectivity index (χ2v) is 5.07. The molecule has 0 saturated carbocycles. The van der Waals surface area contributed by atoms with Gasteiger partial charge in [0, 0.05) is 36.9 Å². The van der Waals surface area contributed by atoms with E-state index in [1.807, 2.05) is 6.92 Å². The first kappa shape index (κ1) is 12.8. The summed E-state index contributed by atoms with van der Waals surface area (Å²) in [5.41, 5.74) is 6.42. The maximum Gasteiger partial charge on any atom is 0.229 e. The standard InChI is InChI=1S/C11H14N4O2S/c1-7-6-8(12)14-11(13-7)18-5-4-15-9(16)2-3-10(15)17/h6H,2-5H2,1H3,(H2,12,13,14). The molecule has 0 spiro atoms. The van der Waals surface area contributed by atoms with Crippen LogP contribution in [-0.4, -0.2) is 39.0 Å². The van der Waals surface area contributed by atoms with Crippen LogP contribution in [0.15, 0.2) is 11.2 Å². The Labute approximate surface area is 109 Å². The predicted molar refractivity (Wildman–Crippen MR) is 67.9 cm³/mol. The molecule has 0 unspecified atom stereocenters. The largest absolute Gasteiger partial charge is 0.384 e. The number of thioether (sulfide) groups is 1. The fraction of sp³-hybridized carbons (Fsp3) is 0.455. The van der Waals surface area contributed by atoms with E-state index in [1.54, 1.807) is 6.07 Å².